The number of hydrogen-bond donors (Lipinski definition) is 1. The van der Waals surface area contributed by atoms with Gasteiger partial charge in [-0.05, 0) is 26.2 Å². The van der Waals surface area contributed by atoms with Crippen LogP contribution in [0.3, 0.4) is 0 Å². The quantitative estimate of drug-likeness (QED) is 0.452. The molecule has 1 saturated carbocycles. The van der Waals surface area contributed by atoms with Crippen LogP contribution in [0.4, 0.5) is 5.82 Å². The highest BCUT2D eigenvalue weighted by atomic mass is 32.2. The Morgan fingerprint density at radius 3 is 2.90 bits per heavy atom. The van der Waals surface area contributed by atoms with Gasteiger partial charge in [-0.1, -0.05) is 18.7 Å². The van der Waals surface area contributed by atoms with Gasteiger partial charge in [-0.25, -0.2) is 9.97 Å². The molecule has 1 fully saturated rings. The first-order valence-corrected chi connectivity index (χ1v) is 8.12. The predicted octanol–water partition coefficient (Wildman–Crippen LogP) is 2.83. The van der Waals surface area contributed by atoms with Crippen LogP contribution in [0, 0.1) is 0 Å². The Balaban J connectivity index is 2.02. The highest BCUT2D eigenvalue weighted by molar-refractivity contribution is 7.99. The van der Waals surface area contributed by atoms with E-state index in [1.165, 1.54) is 24.6 Å². The minimum atomic E-state index is -0.202. The Morgan fingerprint density at radius 2 is 2.25 bits per heavy atom. The van der Waals surface area contributed by atoms with E-state index in [4.69, 9.17) is 4.74 Å². The van der Waals surface area contributed by atoms with Crippen molar-refractivity contribution in [2.75, 3.05) is 24.2 Å². The molecule has 2 rings (SSSR count). The molecule has 6 heteroatoms. The number of nitrogens with zero attached hydrogens (tertiary/aromatic N) is 2. The van der Waals surface area contributed by atoms with Crippen LogP contribution in [0.5, 0.6) is 0 Å². The smallest absolute Gasteiger partial charge is 0.316 e. The van der Waals surface area contributed by atoms with Gasteiger partial charge in [-0.3, -0.25) is 4.79 Å². The van der Waals surface area contributed by atoms with E-state index in [-0.39, 0.29) is 5.97 Å². The third-order valence-electron chi connectivity index (χ3n) is 2.86. The fourth-order valence-corrected chi connectivity index (χ4v) is 2.42. The molecule has 5 nitrogen and oxygen atoms in total. The molecular weight excluding hydrogens is 274 g/mol. The molecule has 1 aromatic rings. The molecular formula is C14H21N3O2S. The largest absolute Gasteiger partial charge is 0.465 e. The van der Waals surface area contributed by atoms with Crippen LogP contribution in [-0.2, 0) is 9.53 Å². The molecule has 1 aromatic heterocycles. The summed E-state index contributed by atoms with van der Waals surface area (Å²) >= 11 is 1.41. The summed E-state index contributed by atoms with van der Waals surface area (Å²) < 4.78 is 4.93. The molecule has 20 heavy (non-hydrogen) atoms. The number of carbonyl (C=O) groups is 1. The number of thioether (sulfide) groups is 1. The molecule has 0 radical (unpaired) electrons. The Bertz CT molecular complexity index is 464. The maximum atomic E-state index is 11.4. The monoisotopic (exact) mass is 295 g/mol. The molecule has 0 bridgehead atoms. The normalized spacial score (nSPS) is 14.1. The van der Waals surface area contributed by atoms with Gasteiger partial charge in [0, 0.05) is 18.5 Å². The summed E-state index contributed by atoms with van der Waals surface area (Å²) in [6.07, 6.45) is 3.38. The number of esters is 1. The lowest BCUT2D eigenvalue weighted by Crippen LogP contribution is -2.08. The number of carbonyl (C=O) groups excluding carboxylic acids is 1. The fourth-order valence-electron chi connectivity index (χ4n) is 1.72. The van der Waals surface area contributed by atoms with Gasteiger partial charge in [0.2, 0.25) is 0 Å². The van der Waals surface area contributed by atoms with E-state index in [2.05, 4.69) is 22.2 Å². The second-order valence-corrected chi connectivity index (χ2v) is 5.74. The second-order valence-electron chi connectivity index (χ2n) is 4.74. The minimum Gasteiger partial charge on any atom is -0.465 e. The summed E-state index contributed by atoms with van der Waals surface area (Å²) in [5.74, 6) is 2.35. The highest BCUT2D eigenvalue weighted by Gasteiger charge is 2.27. The number of hydrogen-bond acceptors (Lipinski definition) is 6. The van der Waals surface area contributed by atoms with E-state index in [1.807, 2.05) is 13.0 Å². The number of rotatable bonds is 8. The van der Waals surface area contributed by atoms with Crippen LogP contribution in [0.1, 0.15) is 44.9 Å². The number of aromatic nitrogens is 2. The molecule has 0 aromatic carbocycles. The van der Waals surface area contributed by atoms with Gasteiger partial charge in [-0.2, -0.15) is 0 Å². The van der Waals surface area contributed by atoms with Crippen molar-refractivity contribution in [1.82, 2.24) is 9.97 Å². The first-order chi connectivity index (χ1) is 9.72. The molecule has 1 aliphatic carbocycles. The van der Waals surface area contributed by atoms with Crippen LogP contribution >= 0.6 is 11.8 Å². The van der Waals surface area contributed by atoms with Gasteiger partial charge in [0.05, 0.1) is 12.4 Å². The van der Waals surface area contributed by atoms with Crippen LogP contribution in [0.15, 0.2) is 11.1 Å². The van der Waals surface area contributed by atoms with Gasteiger partial charge in [-0.15, -0.1) is 0 Å². The third kappa shape index (κ3) is 4.67. The third-order valence-corrected chi connectivity index (χ3v) is 3.75. The molecule has 1 heterocycles. The zero-order valence-corrected chi connectivity index (χ0v) is 12.8. The molecule has 1 N–H and O–H groups in total. The van der Waals surface area contributed by atoms with Crippen molar-refractivity contribution in [1.29, 1.82) is 0 Å². The Kier molecular flexibility index (Phi) is 5.64. The van der Waals surface area contributed by atoms with Crippen molar-refractivity contribution in [3.63, 3.8) is 0 Å². The van der Waals surface area contributed by atoms with E-state index in [0.717, 1.165) is 29.6 Å². The summed E-state index contributed by atoms with van der Waals surface area (Å²) in [4.78, 5) is 20.5. The van der Waals surface area contributed by atoms with Crippen molar-refractivity contribution >= 4 is 23.5 Å². The highest BCUT2D eigenvalue weighted by Crippen LogP contribution is 2.39. The van der Waals surface area contributed by atoms with Gasteiger partial charge < -0.3 is 10.1 Å². The lowest BCUT2D eigenvalue weighted by Gasteiger charge is -2.08. The van der Waals surface area contributed by atoms with Gasteiger partial charge in [0.1, 0.15) is 16.7 Å². The average molecular weight is 295 g/mol. The number of ether oxygens (including phenoxy) is 1. The van der Waals surface area contributed by atoms with Crippen LogP contribution < -0.4 is 5.32 Å². The standard InChI is InChI=1S/C14H21N3O2S/c1-3-7-15-11-8-12(20-9-13(18)19-4-2)17-14(16-11)10-5-6-10/h8,10H,3-7,9H2,1-2H3,(H,15,16,17). The van der Waals surface area contributed by atoms with Crippen LogP contribution in [0.25, 0.3) is 0 Å². The Labute approximate surface area is 123 Å². The topological polar surface area (TPSA) is 64.1 Å². The molecule has 110 valence electrons. The Morgan fingerprint density at radius 1 is 1.45 bits per heavy atom. The molecule has 1 aliphatic rings. The second kappa shape index (κ2) is 7.47. The minimum absolute atomic E-state index is 0.202. The van der Waals surface area contributed by atoms with Gasteiger partial charge >= 0.3 is 5.97 Å². The lowest BCUT2D eigenvalue weighted by molar-refractivity contribution is -0.139. The summed E-state index contributed by atoms with van der Waals surface area (Å²) in [6, 6.07) is 1.91. The van der Waals surface area contributed by atoms with Crippen LogP contribution in [0.2, 0.25) is 0 Å². The average Bonchev–Trinajstić information content (AvgIpc) is 3.28. The summed E-state index contributed by atoms with van der Waals surface area (Å²) in [5.41, 5.74) is 0. The van der Waals surface area contributed by atoms with E-state index in [0.29, 0.717) is 18.3 Å². The molecule has 0 amide bonds. The molecule has 0 atom stereocenters. The maximum absolute atomic E-state index is 11.4. The summed E-state index contributed by atoms with van der Waals surface area (Å²) in [7, 11) is 0. The first kappa shape index (κ1) is 15.1. The zero-order valence-electron chi connectivity index (χ0n) is 12.0. The van der Waals surface area contributed by atoms with Crippen molar-refractivity contribution in [3.05, 3.63) is 11.9 Å². The van der Waals surface area contributed by atoms with Crippen LogP contribution in [-0.4, -0.2) is 34.8 Å². The summed E-state index contributed by atoms with van der Waals surface area (Å²) in [5, 5.41) is 4.13. The van der Waals surface area contributed by atoms with Crippen molar-refractivity contribution in [2.24, 2.45) is 0 Å². The number of nitrogens with one attached hydrogen (secondary N) is 1. The zero-order chi connectivity index (χ0) is 14.4. The van der Waals surface area contributed by atoms with Gasteiger partial charge in [0.25, 0.3) is 0 Å². The van der Waals surface area contributed by atoms with E-state index in [1.54, 1.807) is 0 Å². The van der Waals surface area contributed by atoms with Crippen molar-refractivity contribution in [2.45, 2.75) is 44.1 Å². The van der Waals surface area contributed by atoms with E-state index in [9.17, 15) is 4.79 Å². The lowest BCUT2D eigenvalue weighted by atomic mass is 10.4. The number of anilines is 1. The molecule has 0 saturated heterocycles. The summed E-state index contributed by atoms with van der Waals surface area (Å²) in [6.45, 7) is 5.24. The fraction of sp³-hybridized carbons (Fsp3) is 0.643. The maximum Gasteiger partial charge on any atom is 0.316 e. The Hall–Kier alpha value is -1.30. The van der Waals surface area contributed by atoms with Crippen molar-refractivity contribution in [3.8, 4) is 0 Å². The van der Waals surface area contributed by atoms with Crippen molar-refractivity contribution < 1.29 is 9.53 Å². The first-order valence-electron chi connectivity index (χ1n) is 7.14. The van der Waals surface area contributed by atoms with E-state index >= 15 is 0 Å². The predicted molar refractivity (Wildman–Crippen MR) is 80.1 cm³/mol. The molecule has 0 spiro atoms. The SMILES string of the molecule is CCCNc1cc(SCC(=O)OCC)nc(C2CC2)n1. The molecule has 0 unspecified atom stereocenters. The van der Waals surface area contributed by atoms with Gasteiger partial charge in [0.15, 0.2) is 0 Å². The van der Waals surface area contributed by atoms with E-state index < -0.39 is 0 Å². The molecule has 0 aliphatic heterocycles.